The lowest BCUT2D eigenvalue weighted by Crippen LogP contribution is -2.16. The molecule has 0 saturated heterocycles. The summed E-state index contributed by atoms with van der Waals surface area (Å²) in [4.78, 5) is 6.91. The largest absolute Gasteiger partial charge is 0.478 e. The van der Waals surface area contributed by atoms with E-state index in [9.17, 15) is 13.2 Å². The predicted octanol–water partition coefficient (Wildman–Crippen LogP) is 2.35. The number of nitrogens with one attached hydrogen (secondary N) is 1. The number of halogens is 3. The highest BCUT2D eigenvalue weighted by atomic mass is 19.4. The fourth-order valence-electron chi connectivity index (χ4n) is 1.24. The summed E-state index contributed by atoms with van der Waals surface area (Å²) in [5, 5.41) is 0. The van der Waals surface area contributed by atoms with Crippen molar-refractivity contribution >= 4 is 5.95 Å². The van der Waals surface area contributed by atoms with E-state index in [1.165, 1.54) is 0 Å². The first-order valence-electron chi connectivity index (χ1n) is 5.53. The van der Waals surface area contributed by atoms with Crippen LogP contribution in [0.1, 0.15) is 31.9 Å². The van der Waals surface area contributed by atoms with Crippen molar-refractivity contribution in [2.75, 3.05) is 12.0 Å². The maximum Gasteiger partial charge on any atom is 0.433 e. The summed E-state index contributed by atoms with van der Waals surface area (Å²) in [5.41, 5.74) is 0.892. The highest BCUT2D eigenvalue weighted by molar-refractivity contribution is 5.30. The number of rotatable bonds is 6. The van der Waals surface area contributed by atoms with E-state index in [2.05, 4.69) is 9.97 Å². The maximum absolute atomic E-state index is 12.5. The molecule has 0 amide bonds. The Labute approximate surface area is 103 Å². The molecule has 0 aliphatic rings. The Morgan fingerprint density at radius 3 is 2.61 bits per heavy atom. The molecule has 0 aliphatic heterocycles. The van der Waals surface area contributed by atoms with Crippen molar-refractivity contribution in [3.8, 4) is 5.88 Å². The first kappa shape index (κ1) is 14.5. The quantitative estimate of drug-likeness (QED) is 0.468. The number of hydrazine groups is 1. The number of nitrogens with zero attached hydrogens (tertiary/aromatic N) is 2. The molecule has 8 heteroatoms. The lowest BCUT2D eigenvalue weighted by atomic mass is 10.3. The monoisotopic (exact) mass is 264 g/mol. The van der Waals surface area contributed by atoms with Gasteiger partial charge in [-0.3, -0.25) is 5.43 Å². The Kier molecular flexibility index (Phi) is 5.14. The van der Waals surface area contributed by atoms with Crippen LogP contribution in [0.25, 0.3) is 0 Å². The highest BCUT2D eigenvalue weighted by Gasteiger charge is 2.34. The van der Waals surface area contributed by atoms with E-state index in [1.54, 1.807) is 0 Å². The molecule has 1 aromatic rings. The molecule has 1 heterocycles. The minimum atomic E-state index is -4.56. The molecule has 3 N–H and O–H groups in total. The first-order chi connectivity index (χ1) is 8.47. The second-order valence-corrected chi connectivity index (χ2v) is 3.61. The first-order valence-corrected chi connectivity index (χ1v) is 5.53. The molecule has 0 aromatic carbocycles. The molecule has 0 unspecified atom stereocenters. The summed E-state index contributed by atoms with van der Waals surface area (Å²) in [6, 6.07) is 0.757. The van der Waals surface area contributed by atoms with Gasteiger partial charge in [-0.2, -0.15) is 18.2 Å². The van der Waals surface area contributed by atoms with Gasteiger partial charge in [0.05, 0.1) is 6.61 Å². The summed E-state index contributed by atoms with van der Waals surface area (Å²) in [5.74, 6) is 4.55. The van der Waals surface area contributed by atoms with Crippen molar-refractivity contribution in [2.24, 2.45) is 5.84 Å². The second-order valence-electron chi connectivity index (χ2n) is 3.61. The summed E-state index contributed by atoms with van der Waals surface area (Å²) in [6.07, 6.45) is -1.86. The zero-order chi connectivity index (χ0) is 13.6. The Balaban J connectivity index is 2.78. The third kappa shape index (κ3) is 4.36. The lowest BCUT2D eigenvalue weighted by molar-refractivity contribution is -0.141. The van der Waals surface area contributed by atoms with E-state index in [0.717, 1.165) is 25.3 Å². The van der Waals surface area contributed by atoms with Crippen molar-refractivity contribution in [1.29, 1.82) is 0 Å². The van der Waals surface area contributed by atoms with E-state index in [0.29, 0.717) is 6.61 Å². The van der Waals surface area contributed by atoms with Gasteiger partial charge < -0.3 is 4.74 Å². The number of nitrogen functional groups attached to an aromatic ring is 1. The Morgan fingerprint density at radius 1 is 1.33 bits per heavy atom. The Hall–Kier alpha value is -1.57. The van der Waals surface area contributed by atoms with Crippen LogP contribution >= 0.6 is 0 Å². The maximum atomic E-state index is 12.5. The molecule has 0 atom stereocenters. The van der Waals surface area contributed by atoms with Gasteiger partial charge in [0.25, 0.3) is 0 Å². The summed E-state index contributed by atoms with van der Waals surface area (Å²) in [7, 11) is 0. The zero-order valence-electron chi connectivity index (χ0n) is 9.92. The predicted molar refractivity (Wildman–Crippen MR) is 59.9 cm³/mol. The number of ether oxygens (including phenoxy) is 1. The number of hydrogen-bond acceptors (Lipinski definition) is 5. The molecular weight excluding hydrogens is 249 g/mol. The number of hydrogen-bond donors (Lipinski definition) is 2. The van der Waals surface area contributed by atoms with Crippen molar-refractivity contribution in [1.82, 2.24) is 9.97 Å². The summed E-state index contributed by atoms with van der Waals surface area (Å²) < 4.78 is 42.7. The van der Waals surface area contributed by atoms with Gasteiger partial charge in [0.15, 0.2) is 5.69 Å². The topological polar surface area (TPSA) is 73.1 Å². The molecule has 0 spiro atoms. The van der Waals surface area contributed by atoms with Crippen LogP contribution < -0.4 is 16.0 Å². The standard InChI is InChI=1S/C10H15F3N4O/c1-2-3-4-5-18-8-6-7(10(11,12)13)15-9(16-8)17-14/h6H,2-5,14H2,1H3,(H,15,16,17). The van der Waals surface area contributed by atoms with Crippen LogP contribution in [0.2, 0.25) is 0 Å². The molecule has 102 valence electrons. The molecule has 0 aliphatic carbocycles. The summed E-state index contributed by atoms with van der Waals surface area (Å²) >= 11 is 0. The number of unbranched alkanes of at least 4 members (excludes halogenated alkanes) is 2. The fourth-order valence-corrected chi connectivity index (χ4v) is 1.24. The average molecular weight is 264 g/mol. The van der Waals surface area contributed by atoms with Gasteiger partial charge >= 0.3 is 6.18 Å². The smallest absolute Gasteiger partial charge is 0.433 e. The van der Waals surface area contributed by atoms with Crippen LogP contribution in [-0.2, 0) is 6.18 Å². The molecule has 0 bridgehead atoms. The van der Waals surface area contributed by atoms with Gasteiger partial charge in [-0.25, -0.2) is 10.8 Å². The van der Waals surface area contributed by atoms with Crippen molar-refractivity contribution in [3.63, 3.8) is 0 Å². The van der Waals surface area contributed by atoms with Crippen LogP contribution in [0.5, 0.6) is 5.88 Å². The van der Waals surface area contributed by atoms with E-state index in [-0.39, 0.29) is 11.8 Å². The van der Waals surface area contributed by atoms with Crippen LogP contribution in [0.15, 0.2) is 6.07 Å². The fraction of sp³-hybridized carbons (Fsp3) is 0.600. The molecule has 0 saturated carbocycles. The molecule has 5 nitrogen and oxygen atoms in total. The van der Waals surface area contributed by atoms with Gasteiger partial charge in [-0.1, -0.05) is 19.8 Å². The molecule has 1 rings (SSSR count). The van der Waals surface area contributed by atoms with E-state index in [1.807, 2.05) is 12.3 Å². The van der Waals surface area contributed by atoms with E-state index >= 15 is 0 Å². The lowest BCUT2D eigenvalue weighted by Gasteiger charge is -2.10. The van der Waals surface area contributed by atoms with Crippen LogP contribution in [0.3, 0.4) is 0 Å². The number of aromatic nitrogens is 2. The van der Waals surface area contributed by atoms with Crippen molar-refractivity contribution in [2.45, 2.75) is 32.4 Å². The molecule has 0 fully saturated rings. The minimum Gasteiger partial charge on any atom is -0.478 e. The molecule has 18 heavy (non-hydrogen) atoms. The Bertz CT molecular complexity index is 384. The van der Waals surface area contributed by atoms with E-state index in [4.69, 9.17) is 10.6 Å². The minimum absolute atomic E-state index is 0.138. The van der Waals surface area contributed by atoms with Crippen molar-refractivity contribution in [3.05, 3.63) is 11.8 Å². The average Bonchev–Trinajstić information content (AvgIpc) is 2.33. The van der Waals surface area contributed by atoms with Crippen LogP contribution in [-0.4, -0.2) is 16.6 Å². The number of anilines is 1. The van der Waals surface area contributed by atoms with Gasteiger partial charge in [-0.05, 0) is 6.42 Å². The number of nitrogens with two attached hydrogens (primary N) is 1. The van der Waals surface area contributed by atoms with Crippen molar-refractivity contribution < 1.29 is 17.9 Å². The second kappa shape index (κ2) is 6.39. The number of alkyl halides is 3. The summed E-state index contributed by atoms with van der Waals surface area (Å²) in [6.45, 7) is 2.33. The van der Waals surface area contributed by atoms with Crippen LogP contribution in [0, 0.1) is 0 Å². The van der Waals surface area contributed by atoms with Gasteiger partial charge in [0, 0.05) is 6.07 Å². The molecule has 0 radical (unpaired) electrons. The normalized spacial score (nSPS) is 11.4. The third-order valence-electron chi connectivity index (χ3n) is 2.12. The van der Waals surface area contributed by atoms with Gasteiger partial charge in [0.1, 0.15) is 0 Å². The van der Waals surface area contributed by atoms with Gasteiger partial charge in [0.2, 0.25) is 11.8 Å². The zero-order valence-corrected chi connectivity index (χ0v) is 9.92. The highest BCUT2D eigenvalue weighted by Crippen LogP contribution is 2.30. The SMILES string of the molecule is CCCCCOc1cc(C(F)(F)F)nc(NN)n1. The van der Waals surface area contributed by atoms with Gasteiger partial charge in [-0.15, -0.1) is 0 Å². The Morgan fingerprint density at radius 2 is 2.06 bits per heavy atom. The van der Waals surface area contributed by atoms with Crippen LogP contribution in [0.4, 0.5) is 19.1 Å². The molecule has 1 aromatic heterocycles. The molecular formula is C10H15F3N4O. The van der Waals surface area contributed by atoms with E-state index < -0.39 is 11.9 Å². The third-order valence-corrected chi connectivity index (χ3v) is 2.12.